The van der Waals surface area contributed by atoms with Crippen molar-refractivity contribution < 1.29 is 0 Å². The van der Waals surface area contributed by atoms with Crippen molar-refractivity contribution in [3.05, 3.63) is 0 Å². The minimum Gasteiger partial charge on any atom is -0.309 e. The highest BCUT2D eigenvalue weighted by Gasteiger charge is 2.30. The second-order valence-corrected chi connectivity index (χ2v) is 4.80. The molecule has 1 unspecified atom stereocenters. The van der Waals surface area contributed by atoms with E-state index in [4.69, 9.17) is 0 Å². The van der Waals surface area contributed by atoms with Gasteiger partial charge in [-0.25, -0.2) is 0 Å². The van der Waals surface area contributed by atoms with E-state index in [1.54, 1.807) is 0 Å². The predicted octanol–water partition coefficient (Wildman–Crippen LogP) is 2.95. The maximum Gasteiger partial charge on any atom is 0.0153 e. The number of nitrogens with one attached hydrogen (secondary N) is 1. The summed E-state index contributed by atoms with van der Waals surface area (Å²) in [4.78, 5) is 0. The third-order valence-corrected chi connectivity index (χ3v) is 3.36. The van der Waals surface area contributed by atoms with Gasteiger partial charge in [0.05, 0.1) is 0 Å². The lowest BCUT2D eigenvalue weighted by atomic mass is 9.82. The monoisotopic (exact) mass is 169 g/mol. The van der Waals surface area contributed by atoms with Gasteiger partial charge in [-0.2, -0.15) is 0 Å². The van der Waals surface area contributed by atoms with E-state index in [2.05, 4.69) is 33.0 Å². The molecule has 1 N–H and O–H groups in total. The van der Waals surface area contributed by atoms with E-state index in [9.17, 15) is 0 Å². The third kappa shape index (κ3) is 2.22. The fourth-order valence-electron chi connectivity index (χ4n) is 2.08. The van der Waals surface area contributed by atoms with Crippen LogP contribution in [0.1, 0.15) is 53.4 Å². The van der Waals surface area contributed by atoms with Crippen molar-refractivity contribution in [3.63, 3.8) is 0 Å². The maximum atomic E-state index is 3.78. The van der Waals surface area contributed by atoms with Gasteiger partial charge in [0.15, 0.2) is 0 Å². The summed E-state index contributed by atoms with van der Waals surface area (Å²) in [6.45, 7) is 9.29. The molecule has 1 heterocycles. The van der Waals surface area contributed by atoms with Crippen molar-refractivity contribution in [1.29, 1.82) is 0 Å². The smallest absolute Gasteiger partial charge is 0.0153 e. The molecule has 0 amide bonds. The minimum absolute atomic E-state index is 0.424. The van der Waals surface area contributed by atoms with Crippen LogP contribution in [0.2, 0.25) is 0 Å². The SMILES string of the molecule is CCC1(C)CCC[C@@H](C(C)C)N1. The molecule has 1 nitrogen and oxygen atoms in total. The molecule has 0 aromatic heterocycles. The van der Waals surface area contributed by atoms with Gasteiger partial charge in [-0.15, -0.1) is 0 Å². The van der Waals surface area contributed by atoms with Crippen LogP contribution in [0, 0.1) is 5.92 Å². The Morgan fingerprint density at radius 1 is 1.50 bits per heavy atom. The van der Waals surface area contributed by atoms with E-state index >= 15 is 0 Å². The fraction of sp³-hybridized carbons (Fsp3) is 1.00. The molecule has 1 rings (SSSR count). The lowest BCUT2D eigenvalue weighted by Gasteiger charge is -2.41. The number of piperidine rings is 1. The second-order valence-electron chi connectivity index (χ2n) is 4.80. The van der Waals surface area contributed by atoms with Gasteiger partial charge >= 0.3 is 0 Å². The van der Waals surface area contributed by atoms with Gasteiger partial charge in [-0.05, 0) is 32.1 Å². The highest BCUT2D eigenvalue weighted by molar-refractivity contribution is 4.90. The summed E-state index contributed by atoms with van der Waals surface area (Å²) in [7, 11) is 0. The van der Waals surface area contributed by atoms with Crippen LogP contribution in [0.5, 0.6) is 0 Å². The van der Waals surface area contributed by atoms with Crippen molar-refractivity contribution in [2.75, 3.05) is 0 Å². The normalized spacial score (nSPS) is 37.2. The van der Waals surface area contributed by atoms with Gasteiger partial charge < -0.3 is 5.32 Å². The van der Waals surface area contributed by atoms with Crippen LogP contribution in [0.3, 0.4) is 0 Å². The zero-order chi connectivity index (χ0) is 9.19. The topological polar surface area (TPSA) is 12.0 Å². The maximum absolute atomic E-state index is 3.78. The van der Waals surface area contributed by atoms with E-state index in [0.29, 0.717) is 5.54 Å². The van der Waals surface area contributed by atoms with Crippen LogP contribution >= 0.6 is 0 Å². The minimum atomic E-state index is 0.424. The Bertz CT molecular complexity index is 142. The molecule has 1 saturated heterocycles. The molecule has 2 atom stereocenters. The molecule has 0 aliphatic carbocycles. The van der Waals surface area contributed by atoms with Crippen LogP contribution < -0.4 is 5.32 Å². The van der Waals surface area contributed by atoms with Crippen molar-refractivity contribution in [1.82, 2.24) is 5.32 Å². The summed E-state index contributed by atoms with van der Waals surface area (Å²) in [6.07, 6.45) is 5.39. The van der Waals surface area contributed by atoms with Crippen molar-refractivity contribution in [2.24, 2.45) is 5.92 Å². The molecule has 72 valence electrons. The Labute approximate surface area is 76.9 Å². The molecular formula is C11H23N. The Morgan fingerprint density at radius 2 is 2.17 bits per heavy atom. The molecule has 0 bridgehead atoms. The molecule has 0 saturated carbocycles. The Hall–Kier alpha value is -0.0400. The summed E-state index contributed by atoms with van der Waals surface area (Å²) in [5.41, 5.74) is 0.424. The average molecular weight is 169 g/mol. The summed E-state index contributed by atoms with van der Waals surface area (Å²) in [5, 5.41) is 3.78. The molecule has 0 aromatic rings. The largest absolute Gasteiger partial charge is 0.309 e. The van der Waals surface area contributed by atoms with Gasteiger partial charge in [0.1, 0.15) is 0 Å². The predicted molar refractivity (Wildman–Crippen MR) is 54.3 cm³/mol. The quantitative estimate of drug-likeness (QED) is 0.670. The molecule has 0 radical (unpaired) electrons. The lowest BCUT2D eigenvalue weighted by molar-refractivity contribution is 0.186. The first-order chi connectivity index (χ1) is 5.57. The first-order valence-corrected chi connectivity index (χ1v) is 5.35. The molecule has 12 heavy (non-hydrogen) atoms. The number of hydrogen-bond donors (Lipinski definition) is 1. The van der Waals surface area contributed by atoms with Gasteiger partial charge in [-0.1, -0.05) is 27.2 Å². The summed E-state index contributed by atoms with van der Waals surface area (Å²) < 4.78 is 0. The molecule has 1 fully saturated rings. The second kappa shape index (κ2) is 3.78. The van der Waals surface area contributed by atoms with Crippen LogP contribution in [0.15, 0.2) is 0 Å². The van der Waals surface area contributed by atoms with E-state index < -0.39 is 0 Å². The standard InChI is InChI=1S/C11H23N/c1-5-11(4)8-6-7-10(12-11)9(2)3/h9-10,12H,5-8H2,1-4H3/t10-,11?/m0/s1. The summed E-state index contributed by atoms with van der Waals surface area (Å²) >= 11 is 0. The lowest BCUT2D eigenvalue weighted by Crippen LogP contribution is -2.52. The number of hydrogen-bond acceptors (Lipinski definition) is 1. The molecule has 1 aliphatic rings. The average Bonchev–Trinajstić information content (AvgIpc) is 2.05. The van der Waals surface area contributed by atoms with Gasteiger partial charge in [0.25, 0.3) is 0 Å². The Balaban J connectivity index is 2.51. The Morgan fingerprint density at radius 3 is 2.67 bits per heavy atom. The van der Waals surface area contributed by atoms with Crippen LogP contribution in [-0.4, -0.2) is 11.6 Å². The van der Waals surface area contributed by atoms with E-state index in [1.165, 1.54) is 25.7 Å². The van der Waals surface area contributed by atoms with E-state index in [1.807, 2.05) is 0 Å². The summed E-state index contributed by atoms with van der Waals surface area (Å²) in [5.74, 6) is 0.788. The van der Waals surface area contributed by atoms with Crippen molar-refractivity contribution >= 4 is 0 Å². The zero-order valence-corrected chi connectivity index (χ0v) is 8.98. The highest BCUT2D eigenvalue weighted by Crippen LogP contribution is 2.27. The van der Waals surface area contributed by atoms with Crippen LogP contribution in [-0.2, 0) is 0 Å². The number of rotatable bonds is 2. The summed E-state index contributed by atoms with van der Waals surface area (Å²) in [6, 6.07) is 0.753. The molecule has 1 aliphatic heterocycles. The Kier molecular flexibility index (Phi) is 3.16. The first kappa shape index (κ1) is 10.0. The van der Waals surface area contributed by atoms with Gasteiger partial charge in [0.2, 0.25) is 0 Å². The molecule has 0 aromatic carbocycles. The molecular weight excluding hydrogens is 146 g/mol. The van der Waals surface area contributed by atoms with Crippen LogP contribution in [0.25, 0.3) is 0 Å². The van der Waals surface area contributed by atoms with Crippen molar-refractivity contribution in [3.8, 4) is 0 Å². The van der Waals surface area contributed by atoms with E-state index in [-0.39, 0.29) is 0 Å². The van der Waals surface area contributed by atoms with Crippen LogP contribution in [0.4, 0.5) is 0 Å². The van der Waals surface area contributed by atoms with Gasteiger partial charge in [-0.3, -0.25) is 0 Å². The van der Waals surface area contributed by atoms with Gasteiger partial charge in [0, 0.05) is 11.6 Å². The van der Waals surface area contributed by atoms with Crippen molar-refractivity contribution in [2.45, 2.75) is 65.0 Å². The highest BCUT2D eigenvalue weighted by atomic mass is 15.0. The third-order valence-electron chi connectivity index (χ3n) is 3.36. The zero-order valence-electron chi connectivity index (χ0n) is 8.98. The fourth-order valence-corrected chi connectivity index (χ4v) is 2.08. The van der Waals surface area contributed by atoms with E-state index in [0.717, 1.165) is 12.0 Å². The first-order valence-electron chi connectivity index (χ1n) is 5.35. The molecule has 1 heteroatoms. The molecule has 0 spiro atoms.